The van der Waals surface area contributed by atoms with E-state index in [1.54, 1.807) is 11.0 Å². The van der Waals surface area contributed by atoms with Crippen LogP contribution in [0.5, 0.6) is 6.01 Å². The number of nitriles is 1. The van der Waals surface area contributed by atoms with Crippen LogP contribution in [0, 0.1) is 28.9 Å². The highest BCUT2D eigenvalue weighted by Gasteiger charge is 2.65. The van der Waals surface area contributed by atoms with Gasteiger partial charge >= 0.3 is 6.01 Å². The Morgan fingerprint density at radius 1 is 1.20 bits per heavy atom. The number of carbonyl (C=O) groups is 1. The molecule has 3 aliphatic heterocycles. The monoisotopic (exact) mass is 727 g/mol. The summed E-state index contributed by atoms with van der Waals surface area (Å²) < 4.78 is 66.3. The molecule has 0 radical (unpaired) electrons. The van der Waals surface area contributed by atoms with Crippen LogP contribution >= 0.6 is 22.9 Å². The van der Waals surface area contributed by atoms with Gasteiger partial charge in [-0.25, -0.2) is 17.6 Å². The molecule has 1 saturated carbocycles. The molecule has 8 rings (SSSR count). The Hall–Kier alpha value is -3.93. The lowest BCUT2D eigenvalue weighted by molar-refractivity contribution is -0.152. The molecule has 2 N–H and O–H groups in total. The predicted octanol–water partition coefficient (Wildman–Crippen LogP) is 6.98. The molecule has 15 heteroatoms. The van der Waals surface area contributed by atoms with Crippen LogP contribution in [0.1, 0.15) is 51.0 Å². The number of hydrogen-bond donors (Lipinski definition) is 1. The fourth-order valence-electron chi connectivity index (χ4n) is 8.25. The number of likely N-dealkylation sites (tertiary alicyclic amines) is 2. The maximum Gasteiger partial charge on any atom is 0.319 e. The van der Waals surface area contributed by atoms with E-state index in [0.717, 1.165) is 30.7 Å². The summed E-state index contributed by atoms with van der Waals surface area (Å²) in [6, 6.07) is 6.17. The van der Waals surface area contributed by atoms with Gasteiger partial charge in [0.15, 0.2) is 5.82 Å². The summed E-state index contributed by atoms with van der Waals surface area (Å²) in [7, 11) is 2.02. The Kier molecular flexibility index (Phi) is 7.85. The molecule has 4 aliphatic rings. The number of carbonyl (C=O) groups excluding carboxylic acids is 1. The van der Waals surface area contributed by atoms with E-state index in [4.69, 9.17) is 27.1 Å². The Bertz CT molecular complexity index is 2120. The zero-order valence-corrected chi connectivity index (χ0v) is 29.0. The van der Waals surface area contributed by atoms with E-state index in [-0.39, 0.29) is 60.5 Å². The number of alkyl halides is 2. The number of benzene rings is 2. The SMILES string of the molecule is C[C@H](Oc1nc(N2CCCC3(CCN3C(=O)C3CC3(F)F)C2)c2cc(Cl)c(-c3ccc(F)c4sc(N)c(C#N)c34)c(F)c2n1)[C@@H]1CCCN1C. The van der Waals surface area contributed by atoms with Crippen molar-refractivity contribution in [1.82, 2.24) is 19.8 Å². The first kappa shape index (κ1) is 33.2. The third-order valence-electron chi connectivity index (χ3n) is 11.1. The smallest absolute Gasteiger partial charge is 0.319 e. The lowest BCUT2D eigenvalue weighted by Gasteiger charge is -2.57. The van der Waals surface area contributed by atoms with Gasteiger partial charge in [-0.05, 0) is 70.3 Å². The third kappa shape index (κ3) is 5.14. The molecule has 2 aromatic heterocycles. The number of thiophene rings is 1. The van der Waals surface area contributed by atoms with E-state index in [2.05, 4.69) is 9.88 Å². The van der Waals surface area contributed by atoms with Crippen molar-refractivity contribution in [3.8, 4) is 23.2 Å². The zero-order valence-electron chi connectivity index (χ0n) is 27.4. The molecule has 2 unspecified atom stereocenters. The van der Waals surface area contributed by atoms with Crippen LogP contribution in [0.25, 0.3) is 32.1 Å². The number of amides is 1. The van der Waals surface area contributed by atoms with E-state index in [1.807, 2.05) is 24.9 Å². The van der Waals surface area contributed by atoms with Gasteiger partial charge < -0.3 is 20.3 Å². The molecule has 4 fully saturated rings. The molecule has 3 saturated heterocycles. The Balaban J connectivity index is 1.26. The number of piperidine rings is 1. The number of ether oxygens (including phenoxy) is 1. The second-order valence-electron chi connectivity index (χ2n) is 14.0. The fourth-order valence-corrected chi connectivity index (χ4v) is 9.50. The van der Waals surface area contributed by atoms with Crippen molar-refractivity contribution in [3.05, 3.63) is 40.4 Å². The van der Waals surface area contributed by atoms with Crippen LogP contribution in [0.2, 0.25) is 5.02 Å². The van der Waals surface area contributed by atoms with Gasteiger partial charge in [-0.2, -0.15) is 15.2 Å². The number of nitrogen functional groups attached to an aromatic ring is 1. The van der Waals surface area contributed by atoms with Gasteiger partial charge in [0.25, 0.3) is 5.92 Å². The number of rotatable bonds is 6. The van der Waals surface area contributed by atoms with Crippen LogP contribution in [-0.4, -0.2) is 82.5 Å². The highest BCUT2D eigenvalue weighted by atomic mass is 35.5. The van der Waals surface area contributed by atoms with E-state index >= 15 is 4.39 Å². The van der Waals surface area contributed by atoms with Crippen LogP contribution in [0.15, 0.2) is 18.2 Å². The molecule has 2 aromatic carbocycles. The largest absolute Gasteiger partial charge is 0.459 e. The van der Waals surface area contributed by atoms with Gasteiger partial charge in [0, 0.05) is 48.4 Å². The van der Waals surface area contributed by atoms with Gasteiger partial charge in [0.2, 0.25) is 5.91 Å². The number of anilines is 2. The van der Waals surface area contributed by atoms with E-state index in [9.17, 15) is 23.2 Å². The molecule has 1 aliphatic carbocycles. The quantitative estimate of drug-likeness (QED) is 0.212. The van der Waals surface area contributed by atoms with Crippen molar-refractivity contribution in [1.29, 1.82) is 5.26 Å². The topological polar surface area (TPSA) is 112 Å². The lowest BCUT2D eigenvalue weighted by atomic mass is 9.77. The van der Waals surface area contributed by atoms with Gasteiger partial charge in [0.1, 0.15) is 40.2 Å². The van der Waals surface area contributed by atoms with Crippen molar-refractivity contribution in [3.63, 3.8) is 0 Å². The number of likely N-dealkylation sites (N-methyl/N-ethyl adjacent to an activating group) is 1. The number of hydrogen-bond acceptors (Lipinski definition) is 9. The van der Waals surface area contributed by atoms with Gasteiger partial charge in [-0.15, -0.1) is 11.3 Å². The van der Waals surface area contributed by atoms with Crippen LogP contribution in [0.3, 0.4) is 0 Å². The number of fused-ring (bicyclic) bond motifs is 2. The molecule has 262 valence electrons. The first-order chi connectivity index (χ1) is 23.8. The van der Waals surface area contributed by atoms with Crippen LogP contribution in [-0.2, 0) is 4.79 Å². The summed E-state index contributed by atoms with van der Waals surface area (Å²) >= 11 is 7.77. The Labute approximate surface area is 294 Å². The first-order valence-corrected chi connectivity index (χ1v) is 17.9. The second-order valence-corrected chi connectivity index (χ2v) is 15.5. The fraction of sp³-hybridized carbons (Fsp3) is 0.486. The number of nitrogens with two attached hydrogens (primary N) is 1. The highest BCUT2D eigenvalue weighted by molar-refractivity contribution is 7.23. The summed E-state index contributed by atoms with van der Waals surface area (Å²) in [6.07, 6.45) is 3.11. The normalized spacial score (nSPS) is 25.2. The minimum Gasteiger partial charge on any atom is -0.459 e. The molecular formula is C35H34ClF4N7O2S. The molecule has 5 heterocycles. The lowest BCUT2D eigenvalue weighted by Crippen LogP contribution is -2.69. The van der Waals surface area contributed by atoms with Crippen molar-refractivity contribution >= 4 is 60.7 Å². The molecule has 9 nitrogen and oxygen atoms in total. The van der Waals surface area contributed by atoms with Crippen LogP contribution < -0.4 is 15.4 Å². The van der Waals surface area contributed by atoms with Crippen molar-refractivity contribution in [2.45, 2.75) is 69.1 Å². The second kappa shape index (κ2) is 11.8. The van der Waals surface area contributed by atoms with Crippen molar-refractivity contribution < 1.29 is 27.1 Å². The molecule has 4 atom stereocenters. The molecule has 50 heavy (non-hydrogen) atoms. The maximum absolute atomic E-state index is 17.1. The summed E-state index contributed by atoms with van der Waals surface area (Å²) in [6.45, 7) is 4.06. The first-order valence-electron chi connectivity index (χ1n) is 16.8. The number of nitrogens with zero attached hydrogens (tertiary/aromatic N) is 6. The number of aromatic nitrogens is 2. The molecule has 0 bridgehead atoms. The Morgan fingerprint density at radius 3 is 2.64 bits per heavy atom. The van der Waals surface area contributed by atoms with Crippen molar-refractivity contribution in [2.24, 2.45) is 5.92 Å². The summed E-state index contributed by atoms with van der Waals surface area (Å²) in [5.74, 6) is -5.83. The van der Waals surface area contributed by atoms with Gasteiger partial charge in [-0.1, -0.05) is 17.7 Å². The predicted molar refractivity (Wildman–Crippen MR) is 184 cm³/mol. The molecular weight excluding hydrogens is 694 g/mol. The third-order valence-corrected chi connectivity index (χ3v) is 12.4. The summed E-state index contributed by atoms with van der Waals surface area (Å²) in [4.78, 5) is 28.3. The number of halogens is 5. The van der Waals surface area contributed by atoms with Crippen LogP contribution in [0.4, 0.5) is 28.4 Å². The maximum atomic E-state index is 17.1. The molecule has 4 aromatic rings. The van der Waals surface area contributed by atoms with E-state index in [1.165, 1.54) is 12.1 Å². The Morgan fingerprint density at radius 2 is 1.98 bits per heavy atom. The van der Waals surface area contributed by atoms with Gasteiger partial charge in [0.05, 0.1) is 20.8 Å². The van der Waals surface area contributed by atoms with E-state index in [0.29, 0.717) is 50.1 Å². The molecule has 1 spiro atoms. The minimum atomic E-state index is -2.97. The zero-order chi connectivity index (χ0) is 35.3. The summed E-state index contributed by atoms with van der Waals surface area (Å²) in [5.41, 5.74) is 5.47. The summed E-state index contributed by atoms with van der Waals surface area (Å²) in [5, 5.41) is 10.4. The average molecular weight is 728 g/mol. The average Bonchev–Trinajstić information content (AvgIpc) is 3.34. The highest BCUT2D eigenvalue weighted by Crippen LogP contribution is 2.53. The minimum absolute atomic E-state index is 0.0147. The van der Waals surface area contributed by atoms with Gasteiger partial charge in [-0.3, -0.25) is 9.69 Å². The van der Waals surface area contributed by atoms with E-state index < -0.39 is 41.3 Å². The molecule has 1 amide bonds. The standard InChI is InChI=1S/C35H34ClF4N7O2S/c1-17(24-5-3-10-45(24)2)49-33-43-28-19(13-22(36)26(27(28)38)18-6-7-23(37)29-25(18)20(15-41)30(42)50-29)31(44-33)46-11-4-8-34(16-46)9-12-47(34)32(48)21-14-35(21,39)40/h6-7,13,17,21,24H,3-5,8-12,14,16,42H2,1-2H3/t17-,21?,24-,34?/m0/s1. The van der Waals surface area contributed by atoms with Crippen molar-refractivity contribution in [2.75, 3.05) is 43.9 Å².